The lowest BCUT2D eigenvalue weighted by atomic mass is 9.98. The SMILES string of the molecule is O=C(O)c1cnccc1C(=O)c1ccc(C(F)(F)F)cc1O. The highest BCUT2D eigenvalue weighted by Crippen LogP contribution is 2.33. The van der Waals surface area contributed by atoms with E-state index in [2.05, 4.69) is 4.98 Å². The van der Waals surface area contributed by atoms with Crippen molar-refractivity contribution < 1.29 is 33.0 Å². The maximum atomic E-state index is 12.5. The summed E-state index contributed by atoms with van der Waals surface area (Å²) in [5, 5.41) is 18.6. The van der Waals surface area contributed by atoms with E-state index in [9.17, 15) is 27.9 Å². The zero-order chi connectivity index (χ0) is 16.5. The largest absolute Gasteiger partial charge is 0.507 e. The first-order valence-electron chi connectivity index (χ1n) is 5.84. The number of halogens is 3. The fourth-order valence-corrected chi connectivity index (χ4v) is 1.81. The third kappa shape index (κ3) is 2.90. The van der Waals surface area contributed by atoms with E-state index in [-0.39, 0.29) is 5.56 Å². The molecule has 114 valence electrons. The normalized spacial score (nSPS) is 11.2. The Hall–Kier alpha value is -2.90. The molecule has 0 bridgehead atoms. The van der Waals surface area contributed by atoms with Gasteiger partial charge in [-0.05, 0) is 24.3 Å². The molecule has 8 heteroatoms. The van der Waals surface area contributed by atoms with E-state index in [4.69, 9.17) is 5.11 Å². The quantitative estimate of drug-likeness (QED) is 0.851. The van der Waals surface area contributed by atoms with Gasteiger partial charge in [-0.2, -0.15) is 13.2 Å². The van der Waals surface area contributed by atoms with Crippen LogP contribution in [0.15, 0.2) is 36.7 Å². The number of benzene rings is 1. The molecule has 5 nitrogen and oxygen atoms in total. The first-order chi connectivity index (χ1) is 10.2. The van der Waals surface area contributed by atoms with Crippen molar-refractivity contribution in [2.24, 2.45) is 0 Å². The summed E-state index contributed by atoms with van der Waals surface area (Å²) in [4.78, 5) is 26.8. The van der Waals surface area contributed by atoms with E-state index in [1.807, 2.05) is 0 Å². The molecule has 0 radical (unpaired) electrons. The molecule has 1 aromatic heterocycles. The van der Waals surface area contributed by atoms with Crippen molar-refractivity contribution in [1.29, 1.82) is 0 Å². The number of ketones is 1. The summed E-state index contributed by atoms with van der Waals surface area (Å²) in [5.74, 6) is -3.21. The summed E-state index contributed by atoms with van der Waals surface area (Å²) in [6, 6.07) is 2.96. The third-order valence-electron chi connectivity index (χ3n) is 2.87. The molecule has 0 aliphatic rings. The van der Waals surface area contributed by atoms with E-state index < -0.39 is 40.4 Å². The molecule has 0 unspecified atom stereocenters. The molecule has 0 saturated carbocycles. The number of rotatable bonds is 3. The Kier molecular flexibility index (Phi) is 3.85. The molecular formula is C14H8F3NO4. The average molecular weight is 311 g/mol. The Morgan fingerprint density at radius 3 is 2.27 bits per heavy atom. The molecule has 0 aliphatic carbocycles. The number of alkyl halides is 3. The Balaban J connectivity index is 2.50. The van der Waals surface area contributed by atoms with E-state index in [0.29, 0.717) is 12.1 Å². The van der Waals surface area contributed by atoms with Gasteiger partial charge in [0.2, 0.25) is 0 Å². The minimum atomic E-state index is -4.66. The number of hydrogen-bond donors (Lipinski definition) is 2. The number of carbonyl (C=O) groups excluding carboxylic acids is 1. The van der Waals surface area contributed by atoms with Crippen LogP contribution in [-0.4, -0.2) is 26.9 Å². The van der Waals surface area contributed by atoms with Crippen LogP contribution in [0.25, 0.3) is 0 Å². The number of aromatic carboxylic acids is 1. The number of carbonyl (C=O) groups is 2. The Bertz CT molecular complexity index is 756. The van der Waals surface area contributed by atoms with Gasteiger partial charge in [-0.1, -0.05) is 0 Å². The molecule has 0 spiro atoms. The highest BCUT2D eigenvalue weighted by molar-refractivity contribution is 6.15. The molecule has 22 heavy (non-hydrogen) atoms. The van der Waals surface area contributed by atoms with Crippen molar-refractivity contribution in [3.8, 4) is 5.75 Å². The lowest BCUT2D eigenvalue weighted by molar-refractivity contribution is -0.137. The molecule has 1 heterocycles. The Morgan fingerprint density at radius 1 is 1.05 bits per heavy atom. The van der Waals surface area contributed by atoms with Crippen LogP contribution in [0.1, 0.15) is 31.8 Å². The van der Waals surface area contributed by atoms with Gasteiger partial charge >= 0.3 is 12.1 Å². The predicted molar refractivity (Wildman–Crippen MR) is 67.7 cm³/mol. The fourth-order valence-electron chi connectivity index (χ4n) is 1.81. The van der Waals surface area contributed by atoms with Crippen LogP contribution < -0.4 is 0 Å². The number of phenols is 1. The van der Waals surface area contributed by atoms with Gasteiger partial charge in [0.1, 0.15) is 5.75 Å². The zero-order valence-electron chi connectivity index (χ0n) is 10.8. The summed E-state index contributed by atoms with van der Waals surface area (Å²) in [5.41, 5.74) is -2.24. The summed E-state index contributed by atoms with van der Waals surface area (Å²) in [6.07, 6.45) is -2.56. The van der Waals surface area contributed by atoms with Crippen molar-refractivity contribution in [2.45, 2.75) is 6.18 Å². The summed E-state index contributed by atoms with van der Waals surface area (Å²) in [6.45, 7) is 0. The minimum absolute atomic E-state index is 0.280. The van der Waals surface area contributed by atoms with E-state index in [1.165, 1.54) is 6.20 Å². The first-order valence-corrected chi connectivity index (χ1v) is 5.84. The minimum Gasteiger partial charge on any atom is -0.507 e. The molecule has 0 atom stereocenters. The number of pyridine rings is 1. The first kappa shape index (κ1) is 15.5. The van der Waals surface area contributed by atoms with Crippen LogP contribution in [0.3, 0.4) is 0 Å². The van der Waals surface area contributed by atoms with Crippen molar-refractivity contribution in [3.05, 3.63) is 58.9 Å². The monoisotopic (exact) mass is 311 g/mol. The third-order valence-corrected chi connectivity index (χ3v) is 2.87. The molecule has 2 N–H and O–H groups in total. The highest BCUT2D eigenvalue weighted by Gasteiger charge is 2.32. The van der Waals surface area contributed by atoms with Crippen LogP contribution in [-0.2, 0) is 6.18 Å². The maximum Gasteiger partial charge on any atom is 0.416 e. The van der Waals surface area contributed by atoms with Crippen LogP contribution in [0, 0.1) is 0 Å². The lowest BCUT2D eigenvalue weighted by Crippen LogP contribution is -2.11. The molecule has 2 rings (SSSR count). The molecule has 0 saturated heterocycles. The standard InChI is InChI=1S/C14H8F3NO4/c15-14(16,17)7-1-2-9(11(19)5-7)12(20)8-3-4-18-6-10(8)13(21)22/h1-6,19H,(H,21,22). The topological polar surface area (TPSA) is 87.5 Å². The van der Waals surface area contributed by atoms with E-state index in [0.717, 1.165) is 18.3 Å². The fraction of sp³-hybridized carbons (Fsp3) is 0.0714. The number of carboxylic acid groups (broad SMARTS) is 1. The predicted octanol–water partition coefficient (Wildman–Crippen LogP) is 2.74. The Morgan fingerprint density at radius 2 is 1.73 bits per heavy atom. The van der Waals surface area contributed by atoms with E-state index in [1.54, 1.807) is 0 Å². The van der Waals surface area contributed by atoms with Crippen LogP contribution in [0.2, 0.25) is 0 Å². The highest BCUT2D eigenvalue weighted by atomic mass is 19.4. The molecule has 0 aliphatic heterocycles. The molecular weight excluding hydrogens is 303 g/mol. The van der Waals surface area contributed by atoms with Gasteiger partial charge < -0.3 is 10.2 Å². The van der Waals surface area contributed by atoms with Gasteiger partial charge in [-0.3, -0.25) is 9.78 Å². The number of carboxylic acids is 1. The summed E-state index contributed by atoms with van der Waals surface area (Å²) >= 11 is 0. The van der Waals surface area contributed by atoms with Crippen LogP contribution in [0.5, 0.6) is 5.75 Å². The van der Waals surface area contributed by atoms with Gasteiger partial charge in [0.05, 0.1) is 16.7 Å². The zero-order valence-corrected chi connectivity index (χ0v) is 10.8. The van der Waals surface area contributed by atoms with Gasteiger partial charge in [0, 0.05) is 18.0 Å². The number of nitrogens with zero attached hydrogens (tertiary/aromatic N) is 1. The van der Waals surface area contributed by atoms with Gasteiger partial charge in [0.25, 0.3) is 0 Å². The van der Waals surface area contributed by atoms with Gasteiger partial charge in [0.15, 0.2) is 5.78 Å². The van der Waals surface area contributed by atoms with Crippen LogP contribution in [0.4, 0.5) is 13.2 Å². The van der Waals surface area contributed by atoms with Crippen LogP contribution >= 0.6 is 0 Å². The van der Waals surface area contributed by atoms with Crippen molar-refractivity contribution in [3.63, 3.8) is 0 Å². The number of aromatic hydroxyl groups is 1. The molecule has 0 fully saturated rings. The molecule has 1 aromatic carbocycles. The maximum absolute atomic E-state index is 12.5. The average Bonchev–Trinajstić information content (AvgIpc) is 2.45. The smallest absolute Gasteiger partial charge is 0.416 e. The van der Waals surface area contributed by atoms with Crippen molar-refractivity contribution in [2.75, 3.05) is 0 Å². The van der Waals surface area contributed by atoms with Crippen molar-refractivity contribution in [1.82, 2.24) is 4.98 Å². The summed E-state index contributed by atoms with van der Waals surface area (Å²) in [7, 11) is 0. The second kappa shape index (κ2) is 5.47. The lowest BCUT2D eigenvalue weighted by Gasteiger charge is -2.10. The van der Waals surface area contributed by atoms with E-state index >= 15 is 0 Å². The second-order valence-corrected chi connectivity index (χ2v) is 4.29. The number of aromatic nitrogens is 1. The van der Waals surface area contributed by atoms with Gasteiger partial charge in [-0.25, -0.2) is 4.79 Å². The summed E-state index contributed by atoms with van der Waals surface area (Å²) < 4.78 is 37.5. The number of hydrogen-bond acceptors (Lipinski definition) is 4. The van der Waals surface area contributed by atoms with Crippen molar-refractivity contribution >= 4 is 11.8 Å². The molecule has 0 amide bonds. The number of phenolic OH excluding ortho intramolecular Hbond substituents is 1. The second-order valence-electron chi connectivity index (χ2n) is 4.29. The molecule has 2 aromatic rings. The van der Waals surface area contributed by atoms with Gasteiger partial charge in [-0.15, -0.1) is 0 Å². The Labute approximate surface area is 121 Å².